The van der Waals surface area contributed by atoms with Crippen LogP contribution in [0.1, 0.15) is 21.5 Å². The summed E-state index contributed by atoms with van der Waals surface area (Å²) >= 11 is 0. The summed E-state index contributed by atoms with van der Waals surface area (Å²) in [5.41, 5.74) is 4.88. The molecule has 0 radical (unpaired) electrons. The number of hydrogen-bond acceptors (Lipinski definition) is 5. The highest BCUT2D eigenvalue weighted by atomic mass is 32.2. The van der Waals surface area contributed by atoms with E-state index in [1.54, 1.807) is 37.4 Å². The van der Waals surface area contributed by atoms with Gasteiger partial charge in [-0.3, -0.25) is 9.52 Å². The van der Waals surface area contributed by atoms with Crippen LogP contribution < -0.4 is 14.9 Å². The number of methoxy groups -OCH3 is 1. The van der Waals surface area contributed by atoms with E-state index in [4.69, 9.17) is 4.74 Å². The van der Waals surface area contributed by atoms with E-state index in [-0.39, 0.29) is 4.90 Å². The molecule has 0 aliphatic heterocycles. The molecule has 0 aliphatic carbocycles. The van der Waals surface area contributed by atoms with Gasteiger partial charge in [-0.15, -0.1) is 0 Å². The summed E-state index contributed by atoms with van der Waals surface area (Å²) in [5.74, 6) is 0.274. The largest absolute Gasteiger partial charge is 0.497 e. The van der Waals surface area contributed by atoms with Gasteiger partial charge >= 0.3 is 0 Å². The highest BCUT2D eigenvalue weighted by Crippen LogP contribution is 2.17. The molecule has 3 aromatic rings. The first-order valence-electron chi connectivity index (χ1n) is 9.04. The average molecular weight is 423 g/mol. The summed E-state index contributed by atoms with van der Waals surface area (Å²) in [6.45, 7) is 1.88. The Bertz CT molecular complexity index is 1160. The maximum absolute atomic E-state index is 12.4. The number of nitrogens with zero attached hydrogens (tertiary/aromatic N) is 1. The molecule has 2 N–H and O–H groups in total. The van der Waals surface area contributed by atoms with Crippen molar-refractivity contribution < 1.29 is 17.9 Å². The minimum atomic E-state index is -3.70. The van der Waals surface area contributed by atoms with Crippen molar-refractivity contribution in [2.24, 2.45) is 5.10 Å². The van der Waals surface area contributed by atoms with Gasteiger partial charge in [0.05, 0.1) is 18.2 Å². The van der Waals surface area contributed by atoms with E-state index in [0.717, 1.165) is 11.1 Å². The van der Waals surface area contributed by atoms with Gasteiger partial charge in [-0.1, -0.05) is 29.8 Å². The Kier molecular flexibility index (Phi) is 6.48. The van der Waals surface area contributed by atoms with Crippen LogP contribution in [0, 0.1) is 6.92 Å². The zero-order chi connectivity index (χ0) is 21.6. The Labute approximate surface area is 175 Å². The van der Waals surface area contributed by atoms with Crippen molar-refractivity contribution in [2.45, 2.75) is 11.8 Å². The molecule has 0 fully saturated rings. The van der Waals surface area contributed by atoms with Gasteiger partial charge in [-0.05, 0) is 61.0 Å². The van der Waals surface area contributed by atoms with Crippen LogP contribution in [0.15, 0.2) is 82.8 Å². The second-order valence-electron chi connectivity index (χ2n) is 6.47. The molecule has 0 aliphatic rings. The number of carbonyl (C=O) groups is 1. The SMILES string of the molecule is COc1cccc(C=NNC(=O)c2ccc(NS(=O)(=O)c3ccc(C)cc3)cc2)c1. The number of aryl methyl sites for hydroxylation is 1. The topological polar surface area (TPSA) is 96.9 Å². The summed E-state index contributed by atoms with van der Waals surface area (Å²) in [6, 6.07) is 19.9. The number of amides is 1. The zero-order valence-electron chi connectivity index (χ0n) is 16.5. The van der Waals surface area contributed by atoms with Crippen LogP contribution >= 0.6 is 0 Å². The third-order valence-corrected chi connectivity index (χ3v) is 5.60. The molecule has 1 amide bonds. The molecule has 0 aromatic heterocycles. The highest BCUT2D eigenvalue weighted by Gasteiger charge is 2.14. The normalized spacial score (nSPS) is 11.3. The number of rotatable bonds is 7. The second-order valence-corrected chi connectivity index (χ2v) is 8.15. The molecule has 0 saturated carbocycles. The van der Waals surface area contributed by atoms with Gasteiger partial charge in [0.2, 0.25) is 0 Å². The molecule has 8 heteroatoms. The van der Waals surface area contributed by atoms with Crippen molar-refractivity contribution >= 4 is 27.8 Å². The maximum atomic E-state index is 12.4. The molecule has 0 bridgehead atoms. The van der Waals surface area contributed by atoms with Crippen molar-refractivity contribution in [3.05, 3.63) is 89.5 Å². The predicted molar refractivity (Wildman–Crippen MR) is 116 cm³/mol. The summed E-state index contributed by atoms with van der Waals surface area (Å²) in [7, 11) is -2.13. The number of carbonyl (C=O) groups excluding carboxylic acids is 1. The molecular weight excluding hydrogens is 402 g/mol. The summed E-state index contributed by atoms with van der Waals surface area (Å²) in [6.07, 6.45) is 1.50. The van der Waals surface area contributed by atoms with Gasteiger partial charge in [0.25, 0.3) is 15.9 Å². The van der Waals surface area contributed by atoms with Crippen LogP contribution in [0.3, 0.4) is 0 Å². The lowest BCUT2D eigenvalue weighted by Gasteiger charge is -2.09. The zero-order valence-corrected chi connectivity index (χ0v) is 17.3. The fourth-order valence-corrected chi connectivity index (χ4v) is 3.63. The van der Waals surface area contributed by atoms with Crippen LogP contribution in [0.4, 0.5) is 5.69 Å². The maximum Gasteiger partial charge on any atom is 0.271 e. The predicted octanol–water partition coefficient (Wildman–Crippen LogP) is 3.57. The second kappa shape index (κ2) is 9.23. The van der Waals surface area contributed by atoms with Gasteiger partial charge in [0, 0.05) is 11.3 Å². The Morgan fingerprint density at radius 2 is 1.70 bits per heavy atom. The Balaban J connectivity index is 1.62. The highest BCUT2D eigenvalue weighted by molar-refractivity contribution is 7.92. The van der Waals surface area contributed by atoms with Crippen LogP contribution in [0.25, 0.3) is 0 Å². The summed E-state index contributed by atoms with van der Waals surface area (Å²) < 4.78 is 32.5. The molecule has 0 atom stereocenters. The third kappa shape index (κ3) is 5.45. The van der Waals surface area contributed by atoms with Crippen molar-refractivity contribution in [1.82, 2.24) is 5.43 Å². The third-order valence-electron chi connectivity index (χ3n) is 4.20. The lowest BCUT2D eigenvalue weighted by molar-refractivity contribution is 0.0955. The van der Waals surface area contributed by atoms with Gasteiger partial charge in [-0.25, -0.2) is 13.8 Å². The van der Waals surface area contributed by atoms with Crippen LogP contribution in [-0.4, -0.2) is 27.6 Å². The van der Waals surface area contributed by atoms with Crippen molar-refractivity contribution in [3.63, 3.8) is 0 Å². The van der Waals surface area contributed by atoms with E-state index in [1.807, 2.05) is 25.1 Å². The number of benzene rings is 3. The Morgan fingerprint density at radius 3 is 2.37 bits per heavy atom. The fraction of sp³-hybridized carbons (Fsp3) is 0.0909. The van der Waals surface area contributed by atoms with Gasteiger partial charge in [0.1, 0.15) is 5.75 Å². The number of nitrogens with one attached hydrogen (secondary N) is 2. The van der Waals surface area contributed by atoms with E-state index < -0.39 is 15.9 Å². The lowest BCUT2D eigenvalue weighted by atomic mass is 10.2. The number of ether oxygens (including phenoxy) is 1. The molecule has 154 valence electrons. The van der Waals surface area contributed by atoms with Crippen LogP contribution in [-0.2, 0) is 10.0 Å². The average Bonchev–Trinajstić information content (AvgIpc) is 2.74. The van der Waals surface area contributed by atoms with Gasteiger partial charge in [0.15, 0.2) is 0 Å². The number of sulfonamides is 1. The van der Waals surface area contributed by atoms with Crippen molar-refractivity contribution in [2.75, 3.05) is 11.8 Å². The van der Waals surface area contributed by atoms with E-state index in [0.29, 0.717) is 17.0 Å². The smallest absolute Gasteiger partial charge is 0.271 e. The van der Waals surface area contributed by atoms with E-state index in [1.165, 1.54) is 30.5 Å². The lowest BCUT2D eigenvalue weighted by Crippen LogP contribution is -2.18. The quantitative estimate of drug-likeness (QED) is 0.448. The Morgan fingerprint density at radius 1 is 1.00 bits per heavy atom. The molecule has 0 saturated heterocycles. The summed E-state index contributed by atoms with van der Waals surface area (Å²) in [5, 5.41) is 3.93. The van der Waals surface area contributed by atoms with E-state index in [9.17, 15) is 13.2 Å². The molecule has 0 unspecified atom stereocenters. The molecule has 0 spiro atoms. The van der Waals surface area contributed by atoms with E-state index >= 15 is 0 Å². The standard InChI is InChI=1S/C22H21N3O4S/c1-16-6-12-21(13-7-16)30(27,28)25-19-10-8-18(9-11-19)22(26)24-23-15-17-4-3-5-20(14-17)29-2/h3-15,25H,1-2H3,(H,24,26). The van der Waals surface area contributed by atoms with Crippen LogP contribution in [0.5, 0.6) is 5.75 Å². The number of anilines is 1. The van der Waals surface area contributed by atoms with Gasteiger partial charge in [-0.2, -0.15) is 5.10 Å². The summed E-state index contributed by atoms with van der Waals surface area (Å²) in [4.78, 5) is 12.4. The molecule has 3 rings (SSSR count). The fourth-order valence-electron chi connectivity index (χ4n) is 2.57. The number of hydrogen-bond donors (Lipinski definition) is 2. The van der Waals surface area contributed by atoms with Gasteiger partial charge < -0.3 is 4.74 Å². The minimum absolute atomic E-state index is 0.168. The molecule has 0 heterocycles. The Hall–Kier alpha value is -3.65. The van der Waals surface area contributed by atoms with Crippen molar-refractivity contribution in [1.29, 1.82) is 0 Å². The molecule has 30 heavy (non-hydrogen) atoms. The molecule has 7 nitrogen and oxygen atoms in total. The first-order valence-corrected chi connectivity index (χ1v) is 10.5. The first-order chi connectivity index (χ1) is 14.4. The van der Waals surface area contributed by atoms with Crippen molar-refractivity contribution in [3.8, 4) is 5.75 Å². The molecular formula is C22H21N3O4S. The first kappa shape index (κ1) is 21.1. The monoisotopic (exact) mass is 423 g/mol. The van der Waals surface area contributed by atoms with Crippen LogP contribution in [0.2, 0.25) is 0 Å². The molecule has 3 aromatic carbocycles. The number of hydrazone groups is 1. The van der Waals surface area contributed by atoms with E-state index in [2.05, 4.69) is 15.2 Å². The minimum Gasteiger partial charge on any atom is -0.497 e.